The number of sulfonamides is 1. The number of benzene rings is 2. The van der Waals surface area contributed by atoms with Crippen molar-refractivity contribution in [1.82, 2.24) is 4.72 Å². The molecule has 0 fully saturated rings. The minimum atomic E-state index is -3.59. The van der Waals surface area contributed by atoms with Gasteiger partial charge in [0, 0.05) is 12.6 Å². The zero-order chi connectivity index (χ0) is 17.0. The van der Waals surface area contributed by atoms with Crippen molar-refractivity contribution in [2.24, 2.45) is 0 Å². The first-order valence-electron chi connectivity index (χ1n) is 7.69. The molecule has 0 spiro atoms. The lowest BCUT2D eigenvalue weighted by Gasteiger charge is -2.08. The van der Waals surface area contributed by atoms with E-state index in [-0.39, 0.29) is 17.5 Å². The van der Waals surface area contributed by atoms with Crippen LogP contribution in [0.2, 0.25) is 0 Å². The van der Waals surface area contributed by atoms with E-state index in [0.29, 0.717) is 42.9 Å². The summed E-state index contributed by atoms with van der Waals surface area (Å²) in [6.07, 6.45) is 1.90. The second kappa shape index (κ2) is 7.19. The van der Waals surface area contributed by atoms with Crippen LogP contribution in [-0.4, -0.2) is 21.8 Å². The molecule has 3 rings (SSSR count). The molecule has 0 aliphatic carbocycles. The molecule has 1 heterocycles. The third-order valence-corrected chi connectivity index (χ3v) is 5.24. The number of hydrogen-bond acceptors (Lipinski definition) is 4. The molecule has 0 atom stereocenters. The number of ether oxygens (including phenoxy) is 2. The Labute approximate surface area is 140 Å². The Balaban J connectivity index is 1.50. The second-order valence-corrected chi connectivity index (χ2v) is 7.23. The smallest absolute Gasteiger partial charge is 0.240 e. The van der Waals surface area contributed by atoms with E-state index in [4.69, 9.17) is 9.47 Å². The maximum Gasteiger partial charge on any atom is 0.240 e. The van der Waals surface area contributed by atoms with Crippen molar-refractivity contribution in [3.8, 4) is 11.5 Å². The van der Waals surface area contributed by atoms with Gasteiger partial charge in [-0.2, -0.15) is 0 Å². The Bertz CT molecular complexity index is 823. The van der Waals surface area contributed by atoms with E-state index in [2.05, 4.69) is 4.72 Å². The van der Waals surface area contributed by atoms with Crippen LogP contribution in [-0.2, 0) is 16.4 Å². The van der Waals surface area contributed by atoms with Gasteiger partial charge in [-0.3, -0.25) is 0 Å². The van der Waals surface area contributed by atoms with Crippen LogP contribution in [0.25, 0.3) is 0 Å². The first kappa shape index (κ1) is 16.7. The lowest BCUT2D eigenvalue weighted by Crippen LogP contribution is -2.24. The monoisotopic (exact) mass is 351 g/mol. The zero-order valence-corrected chi connectivity index (χ0v) is 13.8. The summed E-state index contributed by atoms with van der Waals surface area (Å²) in [6.45, 7) is 0.396. The summed E-state index contributed by atoms with van der Waals surface area (Å²) >= 11 is 0. The highest BCUT2D eigenvalue weighted by Crippen LogP contribution is 2.33. The maximum absolute atomic E-state index is 13.5. The van der Waals surface area contributed by atoms with Crippen LogP contribution < -0.4 is 14.2 Å². The molecule has 0 saturated carbocycles. The number of aryl methyl sites for hydroxylation is 1. The second-order valence-electron chi connectivity index (χ2n) is 5.46. The average molecular weight is 351 g/mol. The fourth-order valence-corrected chi connectivity index (χ4v) is 3.56. The van der Waals surface area contributed by atoms with Crippen molar-refractivity contribution in [2.75, 3.05) is 13.3 Å². The Kier molecular flexibility index (Phi) is 5.01. The first-order chi connectivity index (χ1) is 11.6. The number of rotatable bonds is 7. The third-order valence-electron chi connectivity index (χ3n) is 3.78. The van der Waals surface area contributed by atoms with Gasteiger partial charge in [-0.1, -0.05) is 18.2 Å². The fourth-order valence-electron chi connectivity index (χ4n) is 2.48. The van der Waals surface area contributed by atoms with Crippen LogP contribution in [0, 0.1) is 5.82 Å². The molecule has 24 heavy (non-hydrogen) atoms. The van der Waals surface area contributed by atoms with Crippen molar-refractivity contribution in [1.29, 1.82) is 0 Å². The molecular weight excluding hydrogens is 333 g/mol. The van der Waals surface area contributed by atoms with E-state index >= 15 is 0 Å². The van der Waals surface area contributed by atoms with Gasteiger partial charge in [-0.05, 0) is 43.0 Å². The molecular formula is C17H18FNO4S. The van der Waals surface area contributed by atoms with Gasteiger partial charge in [0.25, 0.3) is 0 Å². The highest BCUT2D eigenvalue weighted by Gasteiger charge is 2.19. The molecule has 0 aromatic heterocycles. The van der Waals surface area contributed by atoms with E-state index in [1.165, 1.54) is 18.2 Å². The van der Waals surface area contributed by atoms with Crippen LogP contribution in [0.3, 0.4) is 0 Å². The summed E-state index contributed by atoms with van der Waals surface area (Å²) in [5.74, 6) is 0.745. The molecule has 128 valence electrons. The van der Waals surface area contributed by atoms with E-state index in [9.17, 15) is 12.8 Å². The van der Waals surface area contributed by atoms with Gasteiger partial charge in [-0.25, -0.2) is 17.5 Å². The standard InChI is InChI=1S/C17H18FNO4S/c18-15-7-2-1-5-13(15)6-3-4-10-19-24(20,21)14-8-9-16-17(11-14)23-12-22-16/h1-2,5,7-9,11,19H,3-4,6,10,12H2. The predicted octanol–water partition coefficient (Wildman–Crippen LogP) is 2.86. The topological polar surface area (TPSA) is 64.6 Å². The van der Waals surface area contributed by atoms with E-state index < -0.39 is 10.0 Å². The third kappa shape index (κ3) is 3.85. The molecule has 0 bridgehead atoms. The van der Waals surface area contributed by atoms with Gasteiger partial charge in [0.15, 0.2) is 11.5 Å². The van der Waals surface area contributed by atoms with Crippen molar-refractivity contribution >= 4 is 10.0 Å². The lowest BCUT2D eigenvalue weighted by molar-refractivity contribution is 0.174. The number of halogens is 1. The van der Waals surface area contributed by atoms with Gasteiger partial charge in [0.2, 0.25) is 16.8 Å². The zero-order valence-electron chi connectivity index (χ0n) is 13.0. The minimum absolute atomic E-state index is 0.0995. The largest absolute Gasteiger partial charge is 0.454 e. The normalized spacial score (nSPS) is 13.2. The Morgan fingerprint density at radius 3 is 2.67 bits per heavy atom. The summed E-state index contributed by atoms with van der Waals surface area (Å²) in [5.41, 5.74) is 0.649. The summed E-state index contributed by atoms with van der Waals surface area (Å²) in [7, 11) is -3.59. The summed E-state index contributed by atoms with van der Waals surface area (Å²) in [5, 5.41) is 0. The molecule has 0 amide bonds. The number of hydrogen-bond donors (Lipinski definition) is 1. The van der Waals surface area contributed by atoms with Gasteiger partial charge < -0.3 is 9.47 Å². The first-order valence-corrected chi connectivity index (χ1v) is 9.17. The van der Waals surface area contributed by atoms with E-state index in [0.717, 1.165) is 0 Å². The Morgan fingerprint density at radius 2 is 1.83 bits per heavy atom. The quantitative estimate of drug-likeness (QED) is 0.779. The summed E-state index contributed by atoms with van der Waals surface area (Å²) in [4.78, 5) is 0.140. The molecule has 2 aromatic rings. The average Bonchev–Trinajstić information content (AvgIpc) is 3.03. The number of nitrogens with one attached hydrogen (secondary N) is 1. The van der Waals surface area contributed by atoms with Crippen molar-refractivity contribution in [3.63, 3.8) is 0 Å². The van der Waals surface area contributed by atoms with Crippen LogP contribution in [0.1, 0.15) is 18.4 Å². The fraction of sp³-hybridized carbons (Fsp3) is 0.294. The Morgan fingerprint density at radius 1 is 1.04 bits per heavy atom. The summed E-state index contributed by atoms with van der Waals surface area (Å²) in [6, 6.07) is 11.1. The van der Waals surface area contributed by atoms with Crippen LogP contribution >= 0.6 is 0 Å². The van der Waals surface area contributed by atoms with Crippen LogP contribution in [0.15, 0.2) is 47.4 Å². The SMILES string of the molecule is O=S(=O)(NCCCCc1ccccc1F)c1ccc2c(c1)OCO2. The molecule has 1 N–H and O–H groups in total. The maximum atomic E-state index is 13.5. The Hall–Kier alpha value is -2.12. The molecule has 1 aliphatic rings. The van der Waals surface area contributed by atoms with Crippen molar-refractivity contribution in [2.45, 2.75) is 24.2 Å². The molecule has 1 aliphatic heterocycles. The summed E-state index contributed by atoms with van der Waals surface area (Å²) < 4.78 is 50.9. The highest BCUT2D eigenvalue weighted by atomic mass is 32.2. The van der Waals surface area contributed by atoms with Crippen LogP contribution in [0.5, 0.6) is 11.5 Å². The highest BCUT2D eigenvalue weighted by molar-refractivity contribution is 7.89. The van der Waals surface area contributed by atoms with E-state index in [1.807, 2.05) is 0 Å². The molecule has 2 aromatic carbocycles. The van der Waals surface area contributed by atoms with Crippen molar-refractivity contribution < 1.29 is 22.3 Å². The van der Waals surface area contributed by atoms with Gasteiger partial charge >= 0.3 is 0 Å². The molecule has 0 radical (unpaired) electrons. The van der Waals surface area contributed by atoms with Crippen molar-refractivity contribution in [3.05, 3.63) is 53.8 Å². The molecule has 5 nitrogen and oxygen atoms in total. The van der Waals surface area contributed by atoms with Crippen LogP contribution in [0.4, 0.5) is 4.39 Å². The lowest BCUT2D eigenvalue weighted by atomic mass is 10.1. The number of unbranched alkanes of at least 4 members (excludes halogenated alkanes) is 1. The number of fused-ring (bicyclic) bond motifs is 1. The predicted molar refractivity (Wildman–Crippen MR) is 87.1 cm³/mol. The minimum Gasteiger partial charge on any atom is -0.454 e. The van der Waals surface area contributed by atoms with Gasteiger partial charge in [0.1, 0.15) is 5.82 Å². The molecule has 0 saturated heterocycles. The van der Waals surface area contributed by atoms with E-state index in [1.54, 1.807) is 24.3 Å². The van der Waals surface area contributed by atoms with Gasteiger partial charge in [0.05, 0.1) is 4.90 Å². The molecule has 7 heteroatoms. The molecule has 0 unspecified atom stereocenters. The van der Waals surface area contributed by atoms with Gasteiger partial charge in [-0.15, -0.1) is 0 Å².